The quantitative estimate of drug-likeness (QED) is 0.860. The minimum Gasteiger partial charge on any atom is -0.352 e. The third kappa shape index (κ3) is 5.05. The zero-order chi connectivity index (χ0) is 18.7. The van der Waals surface area contributed by atoms with Gasteiger partial charge in [-0.15, -0.1) is 0 Å². The molecule has 5 nitrogen and oxygen atoms in total. The van der Waals surface area contributed by atoms with Crippen LogP contribution in [0.1, 0.15) is 56.5 Å². The van der Waals surface area contributed by atoms with Crippen molar-refractivity contribution in [1.82, 2.24) is 10.2 Å². The molecule has 2 rings (SSSR count). The van der Waals surface area contributed by atoms with Gasteiger partial charge in [0.25, 0.3) is 5.91 Å². The molecule has 1 saturated heterocycles. The third-order valence-corrected chi connectivity index (χ3v) is 5.04. The van der Waals surface area contributed by atoms with E-state index < -0.39 is 0 Å². The molecule has 0 radical (unpaired) electrons. The first-order valence-corrected chi connectivity index (χ1v) is 9.01. The van der Waals surface area contributed by atoms with E-state index in [0.717, 1.165) is 13.0 Å². The first-order valence-electron chi connectivity index (χ1n) is 9.01. The fourth-order valence-corrected chi connectivity index (χ4v) is 3.07. The van der Waals surface area contributed by atoms with Crippen molar-refractivity contribution in [3.63, 3.8) is 0 Å². The van der Waals surface area contributed by atoms with Gasteiger partial charge >= 0.3 is 0 Å². The monoisotopic (exact) mass is 345 g/mol. The number of hydrogen-bond acceptors (Lipinski definition) is 3. The van der Waals surface area contributed by atoms with Crippen LogP contribution in [0.3, 0.4) is 0 Å². The Bertz CT molecular complexity index is 619. The second-order valence-corrected chi connectivity index (χ2v) is 8.41. The Labute approximate surface area is 151 Å². The zero-order valence-corrected chi connectivity index (χ0v) is 15.9. The van der Waals surface area contributed by atoms with Gasteiger partial charge in [0.15, 0.2) is 0 Å². The minimum atomic E-state index is -0.138. The number of nitrogens with zero attached hydrogens (tertiary/aromatic N) is 1. The van der Waals surface area contributed by atoms with E-state index in [9.17, 15) is 9.59 Å². The number of rotatable bonds is 5. The Morgan fingerprint density at radius 1 is 1.24 bits per heavy atom. The fraction of sp³-hybridized carbons (Fsp3) is 0.600. The van der Waals surface area contributed by atoms with Crippen LogP contribution in [0.25, 0.3) is 0 Å². The molecule has 1 aromatic carbocycles. The van der Waals surface area contributed by atoms with E-state index in [2.05, 4.69) is 33.0 Å². The molecule has 25 heavy (non-hydrogen) atoms. The molecule has 138 valence electrons. The van der Waals surface area contributed by atoms with Gasteiger partial charge in [-0.25, -0.2) is 0 Å². The van der Waals surface area contributed by atoms with Crippen molar-refractivity contribution >= 4 is 11.8 Å². The number of carbonyl (C=O) groups excluding carboxylic acids is 2. The van der Waals surface area contributed by atoms with Gasteiger partial charge in [-0.2, -0.15) is 0 Å². The molecule has 1 atom stereocenters. The van der Waals surface area contributed by atoms with Crippen LogP contribution in [-0.2, 0) is 10.2 Å². The summed E-state index contributed by atoms with van der Waals surface area (Å²) in [7, 11) is 0. The van der Waals surface area contributed by atoms with Crippen LogP contribution in [0.5, 0.6) is 0 Å². The molecule has 1 aromatic rings. The molecular formula is C20H31N3O2. The van der Waals surface area contributed by atoms with Gasteiger partial charge in [-0.1, -0.05) is 39.8 Å². The lowest BCUT2D eigenvalue weighted by molar-refractivity contribution is -0.130. The molecule has 0 bridgehead atoms. The Morgan fingerprint density at radius 2 is 1.88 bits per heavy atom. The SMILES string of the molecule is CC1(CN)CCN(C(=O)CCNC(=O)c2ccc(C(C)(C)C)cc2)C1. The molecule has 1 heterocycles. The van der Waals surface area contributed by atoms with Crippen LogP contribution in [-0.4, -0.2) is 42.9 Å². The maximum atomic E-state index is 12.3. The normalized spacial score (nSPS) is 20.6. The topological polar surface area (TPSA) is 75.4 Å². The van der Waals surface area contributed by atoms with Crippen molar-refractivity contribution in [1.29, 1.82) is 0 Å². The van der Waals surface area contributed by atoms with Gasteiger partial charge in [-0.3, -0.25) is 9.59 Å². The van der Waals surface area contributed by atoms with E-state index in [-0.39, 0.29) is 22.6 Å². The van der Waals surface area contributed by atoms with Gasteiger partial charge in [0.1, 0.15) is 0 Å². The molecule has 0 saturated carbocycles. The molecule has 1 aliphatic heterocycles. The van der Waals surface area contributed by atoms with Crippen LogP contribution < -0.4 is 11.1 Å². The summed E-state index contributed by atoms with van der Waals surface area (Å²) in [5, 5.41) is 2.84. The van der Waals surface area contributed by atoms with Crippen LogP contribution in [0.4, 0.5) is 0 Å². The largest absolute Gasteiger partial charge is 0.352 e. The highest BCUT2D eigenvalue weighted by Crippen LogP contribution is 2.28. The standard InChI is InChI=1S/C20H31N3O2/c1-19(2,3)16-7-5-15(6-8-16)18(25)22-11-9-17(24)23-12-10-20(4,13-21)14-23/h5-8H,9-14,21H2,1-4H3,(H,22,25). The van der Waals surface area contributed by atoms with E-state index in [1.165, 1.54) is 5.56 Å². The van der Waals surface area contributed by atoms with Crippen molar-refractivity contribution in [3.8, 4) is 0 Å². The van der Waals surface area contributed by atoms with Crippen LogP contribution in [0.2, 0.25) is 0 Å². The molecule has 1 aliphatic rings. The smallest absolute Gasteiger partial charge is 0.251 e. The molecule has 5 heteroatoms. The Morgan fingerprint density at radius 3 is 2.40 bits per heavy atom. The van der Waals surface area contributed by atoms with Gasteiger partial charge in [0, 0.05) is 31.6 Å². The maximum absolute atomic E-state index is 12.3. The molecule has 0 spiro atoms. The molecule has 1 unspecified atom stereocenters. The number of hydrogen-bond donors (Lipinski definition) is 2. The van der Waals surface area contributed by atoms with Crippen molar-refractivity contribution < 1.29 is 9.59 Å². The summed E-state index contributed by atoms with van der Waals surface area (Å²) in [6.07, 6.45) is 1.27. The van der Waals surface area contributed by atoms with E-state index >= 15 is 0 Å². The van der Waals surface area contributed by atoms with E-state index in [1.807, 2.05) is 29.2 Å². The van der Waals surface area contributed by atoms with Crippen LogP contribution in [0, 0.1) is 5.41 Å². The molecule has 3 N–H and O–H groups in total. The lowest BCUT2D eigenvalue weighted by Gasteiger charge is -2.22. The van der Waals surface area contributed by atoms with Crippen molar-refractivity contribution in [2.75, 3.05) is 26.2 Å². The Balaban J connectivity index is 1.80. The summed E-state index contributed by atoms with van der Waals surface area (Å²) < 4.78 is 0. The van der Waals surface area contributed by atoms with Crippen molar-refractivity contribution in [2.45, 2.75) is 46.0 Å². The summed E-state index contributed by atoms with van der Waals surface area (Å²) in [6, 6.07) is 7.64. The van der Waals surface area contributed by atoms with E-state index in [4.69, 9.17) is 5.73 Å². The number of carbonyl (C=O) groups is 2. The number of likely N-dealkylation sites (tertiary alicyclic amines) is 1. The van der Waals surface area contributed by atoms with Gasteiger partial charge < -0.3 is 16.0 Å². The number of nitrogens with two attached hydrogens (primary N) is 1. The van der Waals surface area contributed by atoms with E-state index in [1.54, 1.807) is 0 Å². The van der Waals surface area contributed by atoms with Crippen LogP contribution >= 0.6 is 0 Å². The van der Waals surface area contributed by atoms with Crippen LogP contribution in [0.15, 0.2) is 24.3 Å². The highest BCUT2D eigenvalue weighted by atomic mass is 16.2. The fourth-order valence-electron chi connectivity index (χ4n) is 3.07. The van der Waals surface area contributed by atoms with E-state index in [0.29, 0.717) is 31.6 Å². The molecule has 0 aromatic heterocycles. The third-order valence-electron chi connectivity index (χ3n) is 5.04. The predicted molar refractivity (Wildman–Crippen MR) is 100 cm³/mol. The lowest BCUT2D eigenvalue weighted by atomic mass is 9.87. The lowest BCUT2D eigenvalue weighted by Crippen LogP contribution is -2.36. The molecule has 0 aliphatic carbocycles. The first-order chi connectivity index (χ1) is 11.6. The summed E-state index contributed by atoms with van der Waals surface area (Å²) in [4.78, 5) is 26.3. The number of nitrogens with one attached hydrogen (secondary N) is 1. The predicted octanol–water partition coefficient (Wildman–Crippen LogP) is 2.30. The zero-order valence-electron chi connectivity index (χ0n) is 15.9. The van der Waals surface area contributed by atoms with Gasteiger partial charge in [0.05, 0.1) is 0 Å². The van der Waals surface area contributed by atoms with Gasteiger partial charge in [-0.05, 0) is 41.5 Å². The highest BCUT2D eigenvalue weighted by Gasteiger charge is 2.34. The summed E-state index contributed by atoms with van der Waals surface area (Å²) in [5.41, 5.74) is 7.69. The second kappa shape index (κ2) is 7.56. The first kappa shape index (κ1) is 19.4. The minimum absolute atomic E-state index is 0.0354. The van der Waals surface area contributed by atoms with Gasteiger partial charge in [0.2, 0.25) is 5.91 Å². The number of benzene rings is 1. The van der Waals surface area contributed by atoms with Crippen molar-refractivity contribution in [3.05, 3.63) is 35.4 Å². The van der Waals surface area contributed by atoms with Crippen molar-refractivity contribution in [2.24, 2.45) is 11.1 Å². The Hall–Kier alpha value is -1.88. The molecular weight excluding hydrogens is 314 g/mol. The molecule has 1 fully saturated rings. The Kier molecular flexibility index (Phi) is 5.88. The average Bonchev–Trinajstić information content (AvgIpc) is 2.97. The summed E-state index contributed by atoms with van der Waals surface area (Å²) >= 11 is 0. The molecule has 2 amide bonds. The second-order valence-electron chi connectivity index (χ2n) is 8.41. The summed E-state index contributed by atoms with van der Waals surface area (Å²) in [5.74, 6) is -0.0537. The number of amides is 2. The average molecular weight is 345 g/mol. The maximum Gasteiger partial charge on any atom is 0.251 e. The summed E-state index contributed by atoms with van der Waals surface area (Å²) in [6.45, 7) is 11.0. The highest BCUT2D eigenvalue weighted by molar-refractivity contribution is 5.94.